The van der Waals surface area contributed by atoms with Crippen LogP contribution in [-0.2, 0) is 0 Å². The molecule has 0 radical (unpaired) electrons. The summed E-state index contributed by atoms with van der Waals surface area (Å²) < 4.78 is 0. The molecule has 212 valence electrons. The number of rotatable bonds is 15. The quantitative estimate of drug-likeness (QED) is 0.0821. The molecular weight excluding hydrogens is 508 g/mol. The topological polar surface area (TPSA) is 212 Å². The summed E-state index contributed by atoms with van der Waals surface area (Å²) in [5, 5.41) is 11.6. The summed E-state index contributed by atoms with van der Waals surface area (Å²) >= 11 is 0. The van der Waals surface area contributed by atoms with Gasteiger partial charge in [-0.3, -0.25) is 9.69 Å². The summed E-state index contributed by atoms with van der Waals surface area (Å²) in [5.41, 5.74) is 25.9. The zero-order chi connectivity index (χ0) is 28.3. The average Bonchev–Trinajstić information content (AvgIpc) is 2.93. The third-order valence-electron chi connectivity index (χ3n) is 6.41. The van der Waals surface area contributed by atoms with E-state index in [2.05, 4.69) is 35.8 Å². The number of aromatic nitrogens is 4. The Hall–Kier alpha value is -4.33. The normalized spacial score (nSPS) is 11.3. The van der Waals surface area contributed by atoms with Crippen molar-refractivity contribution in [3.05, 3.63) is 48.0 Å². The number of nitrogens with two attached hydrogens (primary N) is 4. The number of hydrogen-bond donors (Lipinski definition) is 7. The molecule has 11 N–H and O–H groups in total. The highest BCUT2D eigenvalue weighted by molar-refractivity contribution is 6.09. The largest absolute Gasteiger partial charge is 0.384 e. The van der Waals surface area contributed by atoms with Crippen LogP contribution in [0.15, 0.2) is 42.5 Å². The number of pyridine rings is 1. The minimum Gasteiger partial charge on any atom is -0.384 e. The number of anilines is 4. The molecule has 0 spiro atoms. The fraction of sp³-hybridized carbons (Fsp3) is 0.370. The van der Waals surface area contributed by atoms with Gasteiger partial charge in [0.15, 0.2) is 0 Å². The van der Waals surface area contributed by atoms with Crippen LogP contribution >= 0.6 is 0 Å². The second-order valence-corrected chi connectivity index (χ2v) is 9.35. The molecule has 0 aliphatic rings. The van der Waals surface area contributed by atoms with E-state index in [0.29, 0.717) is 44.2 Å². The minimum atomic E-state index is -0.132. The van der Waals surface area contributed by atoms with Crippen LogP contribution in [-0.4, -0.2) is 83.1 Å². The Kier molecular flexibility index (Phi) is 10.2. The van der Waals surface area contributed by atoms with Crippen LogP contribution in [0.5, 0.6) is 0 Å². The van der Waals surface area contributed by atoms with Crippen molar-refractivity contribution in [2.45, 2.75) is 12.8 Å². The Morgan fingerprint density at radius 2 is 1.43 bits per heavy atom. The zero-order valence-corrected chi connectivity index (χ0v) is 22.6. The van der Waals surface area contributed by atoms with Gasteiger partial charge in [0.05, 0.1) is 16.7 Å². The van der Waals surface area contributed by atoms with Gasteiger partial charge in [-0.2, -0.15) is 15.0 Å². The lowest BCUT2D eigenvalue weighted by Crippen LogP contribution is -2.39. The molecule has 0 saturated carbocycles. The van der Waals surface area contributed by atoms with Gasteiger partial charge >= 0.3 is 0 Å². The smallest absolute Gasteiger partial charge is 0.251 e. The van der Waals surface area contributed by atoms with Crippen LogP contribution in [0.3, 0.4) is 0 Å². The van der Waals surface area contributed by atoms with Gasteiger partial charge in [0.1, 0.15) is 0 Å². The van der Waals surface area contributed by atoms with E-state index in [1.807, 2.05) is 42.5 Å². The first-order valence-electron chi connectivity index (χ1n) is 13.5. The number of nitrogens with one attached hydrogen (secondary N) is 3. The van der Waals surface area contributed by atoms with Gasteiger partial charge in [-0.1, -0.05) is 18.2 Å². The Morgan fingerprint density at radius 1 is 0.750 bits per heavy atom. The van der Waals surface area contributed by atoms with Crippen molar-refractivity contribution >= 4 is 51.2 Å². The highest BCUT2D eigenvalue weighted by Crippen LogP contribution is 2.31. The third kappa shape index (κ3) is 7.62. The predicted molar refractivity (Wildman–Crippen MR) is 161 cm³/mol. The number of carbonyl (C=O) groups is 1. The molecule has 4 rings (SSSR count). The Morgan fingerprint density at radius 3 is 2.15 bits per heavy atom. The van der Waals surface area contributed by atoms with Crippen LogP contribution < -0.4 is 38.9 Å². The Bertz CT molecular complexity index is 1400. The number of benzene rings is 2. The number of nitrogens with zero attached hydrogens (tertiary/aromatic N) is 5. The second kappa shape index (κ2) is 14.2. The molecule has 0 fully saturated rings. The summed E-state index contributed by atoms with van der Waals surface area (Å²) in [7, 11) is 0. The number of carbonyl (C=O) groups excluding carboxylic acids is 1. The lowest BCUT2D eigenvalue weighted by molar-refractivity contribution is 0.0949. The van der Waals surface area contributed by atoms with Gasteiger partial charge in [-0.25, -0.2) is 4.98 Å². The molecule has 2 aromatic heterocycles. The average molecular weight is 547 g/mol. The summed E-state index contributed by atoms with van der Waals surface area (Å²) in [6.07, 6.45) is 1.74. The van der Waals surface area contributed by atoms with E-state index in [1.165, 1.54) is 0 Å². The maximum absolute atomic E-state index is 13.0. The standard InChI is InChI=1S/C27H38N12O/c28-9-14-39(15-10-29)16-13-33-24(40)18-7-8-22-20(17-18)23(19-5-1-2-6-21(19)35-22)32-11-3-4-12-34-27-37-25(30)36-26(31)38-27/h1-2,5-8,17H,3-4,9-16,28-29H2,(H,32,35)(H,33,40)(H5,30,31,34,36,37,38). The maximum Gasteiger partial charge on any atom is 0.251 e. The third-order valence-corrected chi connectivity index (χ3v) is 6.41. The highest BCUT2D eigenvalue weighted by Gasteiger charge is 2.13. The molecule has 13 heteroatoms. The summed E-state index contributed by atoms with van der Waals surface area (Å²) in [6, 6.07) is 13.6. The van der Waals surface area contributed by atoms with Gasteiger partial charge in [0.2, 0.25) is 17.8 Å². The molecule has 0 aliphatic heterocycles. The number of fused-ring (bicyclic) bond motifs is 2. The predicted octanol–water partition coefficient (Wildman–Crippen LogP) is 0.991. The molecule has 2 aromatic carbocycles. The number of hydrogen-bond acceptors (Lipinski definition) is 12. The SMILES string of the molecule is NCCN(CCN)CCNC(=O)c1ccc2nc3ccccc3c(NCCCCNc3nc(N)nc(N)n3)c2c1. The van der Waals surface area contributed by atoms with E-state index in [4.69, 9.17) is 27.9 Å². The molecule has 40 heavy (non-hydrogen) atoms. The number of unbranched alkanes of at least 4 members (excludes halogenated alkanes) is 1. The Balaban J connectivity index is 1.42. The molecular formula is C27H38N12O. The fourth-order valence-corrected chi connectivity index (χ4v) is 4.51. The molecule has 4 aromatic rings. The minimum absolute atomic E-state index is 0.0846. The van der Waals surface area contributed by atoms with Crippen LogP contribution in [0.2, 0.25) is 0 Å². The lowest BCUT2D eigenvalue weighted by atomic mass is 10.0. The van der Waals surface area contributed by atoms with Crippen molar-refractivity contribution in [2.75, 3.05) is 74.5 Å². The van der Waals surface area contributed by atoms with Crippen molar-refractivity contribution in [1.82, 2.24) is 30.2 Å². The van der Waals surface area contributed by atoms with Crippen LogP contribution in [0, 0.1) is 0 Å². The van der Waals surface area contributed by atoms with Crippen LogP contribution in [0.25, 0.3) is 21.8 Å². The van der Waals surface area contributed by atoms with Gasteiger partial charge in [-0.05, 0) is 37.1 Å². The summed E-state index contributed by atoms with van der Waals surface area (Å²) in [4.78, 5) is 31.8. The van der Waals surface area contributed by atoms with Gasteiger partial charge < -0.3 is 38.9 Å². The monoisotopic (exact) mass is 546 g/mol. The van der Waals surface area contributed by atoms with Crippen molar-refractivity contribution in [3.63, 3.8) is 0 Å². The van der Waals surface area contributed by atoms with E-state index in [1.54, 1.807) is 0 Å². The molecule has 0 saturated heterocycles. The summed E-state index contributed by atoms with van der Waals surface area (Å²) in [6.45, 7) is 5.17. The zero-order valence-electron chi connectivity index (χ0n) is 22.6. The van der Waals surface area contributed by atoms with Crippen LogP contribution in [0.1, 0.15) is 23.2 Å². The van der Waals surface area contributed by atoms with Crippen molar-refractivity contribution in [1.29, 1.82) is 0 Å². The van der Waals surface area contributed by atoms with E-state index in [-0.39, 0.29) is 17.8 Å². The van der Waals surface area contributed by atoms with Crippen molar-refractivity contribution in [3.8, 4) is 0 Å². The van der Waals surface area contributed by atoms with E-state index in [9.17, 15) is 4.79 Å². The molecule has 2 heterocycles. The van der Waals surface area contributed by atoms with E-state index >= 15 is 0 Å². The van der Waals surface area contributed by atoms with Crippen molar-refractivity contribution in [2.24, 2.45) is 11.5 Å². The van der Waals surface area contributed by atoms with Gasteiger partial charge in [-0.15, -0.1) is 0 Å². The van der Waals surface area contributed by atoms with Crippen LogP contribution in [0.4, 0.5) is 23.5 Å². The van der Waals surface area contributed by atoms with Crippen molar-refractivity contribution < 1.29 is 4.79 Å². The first-order valence-corrected chi connectivity index (χ1v) is 13.5. The lowest BCUT2D eigenvalue weighted by Gasteiger charge is -2.20. The molecule has 0 unspecified atom stereocenters. The first kappa shape index (κ1) is 28.7. The highest BCUT2D eigenvalue weighted by atomic mass is 16.1. The maximum atomic E-state index is 13.0. The second-order valence-electron chi connectivity index (χ2n) is 9.35. The van der Waals surface area contributed by atoms with E-state index < -0.39 is 0 Å². The van der Waals surface area contributed by atoms with Gasteiger partial charge in [0.25, 0.3) is 5.91 Å². The fourth-order valence-electron chi connectivity index (χ4n) is 4.51. The summed E-state index contributed by atoms with van der Waals surface area (Å²) in [5.74, 6) is 0.399. The Labute approximate surface area is 233 Å². The first-order chi connectivity index (χ1) is 19.5. The molecule has 13 nitrogen and oxygen atoms in total. The number of amides is 1. The molecule has 0 bridgehead atoms. The number of para-hydroxylation sites is 1. The number of nitrogen functional groups attached to an aromatic ring is 2. The molecule has 1 amide bonds. The molecule has 0 aliphatic carbocycles. The molecule has 0 atom stereocenters. The van der Waals surface area contributed by atoms with E-state index in [0.717, 1.165) is 60.0 Å². The van der Waals surface area contributed by atoms with Gasteiger partial charge in [0, 0.05) is 68.7 Å².